The topological polar surface area (TPSA) is 29.5 Å². The molecule has 82 valence electrons. The molecule has 3 nitrogen and oxygen atoms in total. The van der Waals surface area contributed by atoms with Crippen LogP contribution in [0.4, 0.5) is 4.39 Å². The minimum absolute atomic E-state index is 0.241. The Kier molecular flexibility index (Phi) is 3.29. The Hall–Kier alpha value is -1.58. The molecule has 0 aliphatic carbocycles. The molecule has 0 aliphatic rings. The zero-order valence-electron chi connectivity index (χ0n) is 9.30. The first-order chi connectivity index (χ1) is 6.97. The average molecular weight is 211 g/mol. The Balaban J connectivity index is 3.27. The van der Waals surface area contributed by atoms with Gasteiger partial charge in [0.25, 0.3) is 5.91 Å². The molecule has 0 spiro atoms. The molecule has 1 amide bonds. The van der Waals surface area contributed by atoms with Crippen LogP contribution in [0.1, 0.15) is 15.9 Å². The lowest BCUT2D eigenvalue weighted by atomic mass is 10.1. The van der Waals surface area contributed by atoms with E-state index in [1.54, 1.807) is 21.0 Å². The summed E-state index contributed by atoms with van der Waals surface area (Å²) in [6.45, 7) is 1.63. The number of aryl methyl sites for hydroxylation is 1. The van der Waals surface area contributed by atoms with Gasteiger partial charge in [0.2, 0.25) is 0 Å². The van der Waals surface area contributed by atoms with Crippen LogP contribution in [0.5, 0.6) is 5.75 Å². The van der Waals surface area contributed by atoms with Crippen LogP contribution in [0.3, 0.4) is 0 Å². The molecule has 0 aromatic heterocycles. The third-order valence-corrected chi connectivity index (χ3v) is 2.12. The number of benzene rings is 1. The minimum Gasteiger partial charge on any atom is -0.496 e. The van der Waals surface area contributed by atoms with E-state index in [0.29, 0.717) is 11.3 Å². The number of methoxy groups -OCH3 is 1. The monoisotopic (exact) mass is 211 g/mol. The third-order valence-electron chi connectivity index (χ3n) is 2.12. The van der Waals surface area contributed by atoms with Crippen molar-refractivity contribution in [3.63, 3.8) is 0 Å². The van der Waals surface area contributed by atoms with Crippen LogP contribution in [0.2, 0.25) is 0 Å². The Labute approximate surface area is 88.5 Å². The molecule has 0 heterocycles. The van der Waals surface area contributed by atoms with Crippen molar-refractivity contribution in [1.82, 2.24) is 4.90 Å². The number of carbonyl (C=O) groups excluding carboxylic acids is 1. The van der Waals surface area contributed by atoms with E-state index < -0.39 is 5.82 Å². The van der Waals surface area contributed by atoms with Crippen LogP contribution in [-0.2, 0) is 0 Å². The fourth-order valence-electron chi connectivity index (χ4n) is 1.23. The number of halogens is 1. The second kappa shape index (κ2) is 4.29. The lowest BCUT2D eigenvalue weighted by Gasteiger charge is -2.14. The van der Waals surface area contributed by atoms with Gasteiger partial charge in [-0.05, 0) is 24.6 Å². The quantitative estimate of drug-likeness (QED) is 0.747. The Bertz CT molecular complexity index is 388. The van der Waals surface area contributed by atoms with E-state index in [4.69, 9.17) is 4.74 Å². The molecule has 1 aromatic rings. The average Bonchev–Trinajstić information content (AvgIpc) is 2.20. The lowest BCUT2D eigenvalue weighted by Crippen LogP contribution is -2.22. The summed E-state index contributed by atoms with van der Waals surface area (Å²) in [5.74, 6) is -0.278. The van der Waals surface area contributed by atoms with Crippen LogP contribution in [0.15, 0.2) is 12.1 Å². The van der Waals surface area contributed by atoms with Gasteiger partial charge in [0.1, 0.15) is 11.6 Å². The van der Waals surface area contributed by atoms with E-state index in [0.717, 1.165) is 0 Å². The number of nitrogens with zero attached hydrogens (tertiary/aromatic N) is 1. The van der Waals surface area contributed by atoms with Gasteiger partial charge in [0.05, 0.1) is 12.7 Å². The molecule has 15 heavy (non-hydrogen) atoms. The molecular weight excluding hydrogens is 197 g/mol. The van der Waals surface area contributed by atoms with Crippen molar-refractivity contribution in [2.24, 2.45) is 0 Å². The molecule has 0 atom stereocenters. The Morgan fingerprint density at radius 2 is 2.00 bits per heavy atom. The maximum Gasteiger partial charge on any atom is 0.257 e. The van der Waals surface area contributed by atoms with Gasteiger partial charge in [-0.1, -0.05) is 0 Å². The molecule has 0 saturated heterocycles. The van der Waals surface area contributed by atoms with Gasteiger partial charge in [0, 0.05) is 14.1 Å². The fraction of sp³-hybridized carbons (Fsp3) is 0.364. The number of hydrogen-bond donors (Lipinski definition) is 0. The Morgan fingerprint density at radius 3 is 2.47 bits per heavy atom. The fourth-order valence-corrected chi connectivity index (χ4v) is 1.23. The molecule has 1 aromatic carbocycles. The number of amides is 1. The predicted molar refractivity (Wildman–Crippen MR) is 55.7 cm³/mol. The van der Waals surface area contributed by atoms with E-state index >= 15 is 0 Å². The molecule has 0 bridgehead atoms. The van der Waals surface area contributed by atoms with Crippen LogP contribution >= 0.6 is 0 Å². The van der Waals surface area contributed by atoms with Crippen LogP contribution < -0.4 is 4.74 Å². The molecule has 0 aliphatic heterocycles. The summed E-state index contributed by atoms with van der Waals surface area (Å²) < 4.78 is 18.3. The second-order valence-corrected chi connectivity index (χ2v) is 3.50. The van der Waals surface area contributed by atoms with Gasteiger partial charge in [0.15, 0.2) is 0 Å². The first-order valence-electron chi connectivity index (χ1n) is 4.53. The van der Waals surface area contributed by atoms with Crippen molar-refractivity contribution in [3.8, 4) is 5.75 Å². The summed E-state index contributed by atoms with van der Waals surface area (Å²) in [4.78, 5) is 13.0. The smallest absolute Gasteiger partial charge is 0.257 e. The predicted octanol–water partition coefficient (Wildman–Crippen LogP) is 1.84. The molecule has 1 rings (SSSR count). The maximum absolute atomic E-state index is 13.3. The maximum atomic E-state index is 13.3. The molecule has 4 heteroatoms. The summed E-state index contributed by atoms with van der Waals surface area (Å²) in [6.07, 6.45) is 0. The summed E-state index contributed by atoms with van der Waals surface area (Å²) in [6, 6.07) is 2.72. The van der Waals surface area contributed by atoms with E-state index in [-0.39, 0.29) is 11.5 Å². The summed E-state index contributed by atoms with van der Waals surface area (Å²) in [7, 11) is 4.68. The highest BCUT2D eigenvalue weighted by Gasteiger charge is 2.16. The van der Waals surface area contributed by atoms with Gasteiger partial charge in [-0.2, -0.15) is 0 Å². The largest absolute Gasteiger partial charge is 0.496 e. The summed E-state index contributed by atoms with van der Waals surface area (Å²) >= 11 is 0. The first-order valence-corrected chi connectivity index (χ1v) is 4.53. The lowest BCUT2D eigenvalue weighted by molar-refractivity contribution is 0.0823. The third kappa shape index (κ3) is 2.26. The van der Waals surface area contributed by atoms with Gasteiger partial charge < -0.3 is 9.64 Å². The van der Waals surface area contributed by atoms with Crippen LogP contribution in [0, 0.1) is 12.7 Å². The normalized spacial score (nSPS) is 9.93. The number of carbonyl (C=O) groups is 1. The zero-order chi connectivity index (χ0) is 11.6. The molecule has 0 N–H and O–H groups in total. The summed E-state index contributed by atoms with van der Waals surface area (Å²) in [5, 5.41) is 0. The van der Waals surface area contributed by atoms with Gasteiger partial charge >= 0.3 is 0 Å². The standard InChI is InChI=1S/C11H14FNO2/c1-7-5-10(15-4)8(6-9(7)12)11(14)13(2)3/h5-6H,1-4H3. The number of rotatable bonds is 2. The number of ether oxygens (including phenoxy) is 1. The highest BCUT2D eigenvalue weighted by atomic mass is 19.1. The van der Waals surface area contributed by atoms with E-state index in [1.807, 2.05) is 0 Å². The van der Waals surface area contributed by atoms with E-state index in [1.165, 1.54) is 24.1 Å². The van der Waals surface area contributed by atoms with Crippen molar-refractivity contribution >= 4 is 5.91 Å². The highest BCUT2D eigenvalue weighted by molar-refractivity contribution is 5.96. The van der Waals surface area contributed by atoms with Gasteiger partial charge in [-0.15, -0.1) is 0 Å². The number of hydrogen-bond acceptors (Lipinski definition) is 2. The van der Waals surface area contributed by atoms with Crippen molar-refractivity contribution < 1.29 is 13.9 Å². The van der Waals surface area contributed by atoms with Gasteiger partial charge in [-0.25, -0.2) is 4.39 Å². The Morgan fingerprint density at radius 1 is 1.40 bits per heavy atom. The first kappa shape index (κ1) is 11.5. The molecule has 0 fully saturated rings. The summed E-state index contributed by atoms with van der Waals surface area (Å²) in [5.41, 5.74) is 0.702. The van der Waals surface area contributed by atoms with E-state index in [9.17, 15) is 9.18 Å². The van der Waals surface area contributed by atoms with Crippen molar-refractivity contribution in [3.05, 3.63) is 29.1 Å². The van der Waals surface area contributed by atoms with Crippen molar-refractivity contribution in [2.45, 2.75) is 6.92 Å². The molecule has 0 radical (unpaired) electrons. The zero-order valence-corrected chi connectivity index (χ0v) is 9.30. The molecule has 0 unspecified atom stereocenters. The van der Waals surface area contributed by atoms with E-state index in [2.05, 4.69) is 0 Å². The highest BCUT2D eigenvalue weighted by Crippen LogP contribution is 2.23. The molecule has 0 saturated carbocycles. The SMILES string of the molecule is COc1cc(C)c(F)cc1C(=O)N(C)C. The van der Waals surface area contributed by atoms with Crippen molar-refractivity contribution in [2.75, 3.05) is 21.2 Å². The molecular formula is C11H14FNO2. The van der Waals surface area contributed by atoms with Crippen LogP contribution in [0.25, 0.3) is 0 Å². The minimum atomic E-state index is -0.402. The van der Waals surface area contributed by atoms with Gasteiger partial charge in [-0.3, -0.25) is 4.79 Å². The van der Waals surface area contributed by atoms with Crippen LogP contribution in [-0.4, -0.2) is 32.0 Å². The van der Waals surface area contributed by atoms with Crippen molar-refractivity contribution in [1.29, 1.82) is 0 Å². The second-order valence-electron chi connectivity index (χ2n) is 3.50.